The van der Waals surface area contributed by atoms with Gasteiger partial charge in [-0.25, -0.2) is 9.97 Å². The molecule has 1 aromatic heterocycles. The second-order valence-corrected chi connectivity index (χ2v) is 5.91. The van der Waals surface area contributed by atoms with E-state index in [0.29, 0.717) is 29.7 Å². The van der Waals surface area contributed by atoms with Gasteiger partial charge >= 0.3 is 0 Å². The summed E-state index contributed by atoms with van der Waals surface area (Å²) in [6.07, 6.45) is 3.21. The van der Waals surface area contributed by atoms with Crippen molar-refractivity contribution in [2.75, 3.05) is 26.1 Å². The standard InChI is InChI=1S/C19H26N4O3/c1-5-13(2)22-18(24)15-9-11-21-19(23-15)20-10-8-14-6-7-16(25-3)17(12-14)26-4/h6-7,9,11-13H,5,8,10H2,1-4H3,(H,22,24)(H,20,21,23). The van der Waals surface area contributed by atoms with Gasteiger partial charge in [-0.1, -0.05) is 13.0 Å². The fourth-order valence-corrected chi connectivity index (χ4v) is 2.32. The van der Waals surface area contributed by atoms with E-state index >= 15 is 0 Å². The van der Waals surface area contributed by atoms with E-state index in [1.165, 1.54) is 0 Å². The Hall–Kier alpha value is -2.83. The highest BCUT2D eigenvalue weighted by Crippen LogP contribution is 2.27. The lowest BCUT2D eigenvalue weighted by Gasteiger charge is -2.12. The van der Waals surface area contributed by atoms with Gasteiger partial charge in [0.2, 0.25) is 5.95 Å². The summed E-state index contributed by atoms with van der Waals surface area (Å²) in [4.78, 5) is 20.6. The van der Waals surface area contributed by atoms with Crippen LogP contribution in [0, 0.1) is 0 Å². The van der Waals surface area contributed by atoms with Crippen LogP contribution in [0.3, 0.4) is 0 Å². The number of hydrogen-bond acceptors (Lipinski definition) is 6. The fraction of sp³-hybridized carbons (Fsp3) is 0.421. The smallest absolute Gasteiger partial charge is 0.270 e. The lowest BCUT2D eigenvalue weighted by Crippen LogP contribution is -2.32. The van der Waals surface area contributed by atoms with E-state index < -0.39 is 0 Å². The maximum absolute atomic E-state index is 12.1. The molecule has 0 radical (unpaired) electrons. The van der Waals surface area contributed by atoms with E-state index in [-0.39, 0.29) is 11.9 Å². The number of benzene rings is 1. The van der Waals surface area contributed by atoms with E-state index in [2.05, 4.69) is 20.6 Å². The monoisotopic (exact) mass is 358 g/mol. The van der Waals surface area contributed by atoms with Gasteiger partial charge in [0.15, 0.2) is 11.5 Å². The Labute approximate surface area is 154 Å². The van der Waals surface area contributed by atoms with E-state index in [1.807, 2.05) is 32.0 Å². The van der Waals surface area contributed by atoms with Crippen LogP contribution in [-0.2, 0) is 6.42 Å². The molecule has 2 N–H and O–H groups in total. The molecule has 0 bridgehead atoms. The average molecular weight is 358 g/mol. The number of amides is 1. The molecule has 0 aliphatic rings. The first-order valence-electron chi connectivity index (χ1n) is 8.66. The van der Waals surface area contributed by atoms with Crippen LogP contribution < -0.4 is 20.1 Å². The van der Waals surface area contributed by atoms with Gasteiger partial charge in [-0.3, -0.25) is 4.79 Å². The molecule has 26 heavy (non-hydrogen) atoms. The molecule has 7 heteroatoms. The lowest BCUT2D eigenvalue weighted by atomic mass is 10.1. The predicted molar refractivity (Wildman–Crippen MR) is 101 cm³/mol. The number of hydrogen-bond donors (Lipinski definition) is 2. The normalized spacial score (nSPS) is 11.5. The van der Waals surface area contributed by atoms with Crippen molar-refractivity contribution in [3.8, 4) is 11.5 Å². The zero-order valence-corrected chi connectivity index (χ0v) is 15.7. The molecule has 1 aromatic carbocycles. The topological polar surface area (TPSA) is 85.4 Å². The van der Waals surface area contributed by atoms with Crippen LogP contribution in [-0.4, -0.2) is 42.7 Å². The molecule has 2 aromatic rings. The minimum absolute atomic E-state index is 0.110. The molecule has 0 spiro atoms. The second kappa shape index (κ2) is 9.60. The Kier molecular flexibility index (Phi) is 7.20. The molecule has 1 heterocycles. The largest absolute Gasteiger partial charge is 0.493 e. The van der Waals surface area contributed by atoms with Crippen molar-refractivity contribution >= 4 is 11.9 Å². The first kappa shape index (κ1) is 19.5. The molecular weight excluding hydrogens is 332 g/mol. The van der Waals surface area contributed by atoms with Crippen molar-refractivity contribution in [2.45, 2.75) is 32.7 Å². The summed E-state index contributed by atoms with van der Waals surface area (Å²) in [5.41, 5.74) is 1.45. The number of methoxy groups -OCH3 is 2. The zero-order valence-electron chi connectivity index (χ0n) is 15.7. The van der Waals surface area contributed by atoms with Crippen molar-refractivity contribution in [3.63, 3.8) is 0 Å². The fourth-order valence-electron chi connectivity index (χ4n) is 2.32. The molecule has 140 valence electrons. The first-order chi connectivity index (χ1) is 12.6. The van der Waals surface area contributed by atoms with Gasteiger partial charge in [0, 0.05) is 18.8 Å². The van der Waals surface area contributed by atoms with Gasteiger partial charge in [-0.05, 0) is 43.5 Å². The summed E-state index contributed by atoms with van der Waals surface area (Å²) in [7, 11) is 3.23. The van der Waals surface area contributed by atoms with Crippen molar-refractivity contribution < 1.29 is 14.3 Å². The van der Waals surface area contributed by atoms with Crippen LogP contribution in [0.5, 0.6) is 11.5 Å². The number of carbonyl (C=O) groups is 1. The minimum atomic E-state index is -0.190. The molecule has 0 saturated heterocycles. The summed E-state index contributed by atoms with van der Waals surface area (Å²) in [6, 6.07) is 7.53. The maximum atomic E-state index is 12.1. The van der Waals surface area contributed by atoms with E-state index in [1.54, 1.807) is 26.5 Å². The summed E-state index contributed by atoms with van der Waals surface area (Å²) in [6.45, 7) is 4.61. The minimum Gasteiger partial charge on any atom is -0.493 e. The average Bonchev–Trinajstić information content (AvgIpc) is 2.67. The number of rotatable bonds is 9. The van der Waals surface area contributed by atoms with Gasteiger partial charge in [0.05, 0.1) is 14.2 Å². The lowest BCUT2D eigenvalue weighted by molar-refractivity contribution is 0.0934. The third-order valence-electron chi connectivity index (χ3n) is 4.02. The van der Waals surface area contributed by atoms with Crippen molar-refractivity contribution in [1.29, 1.82) is 0 Å². The Morgan fingerprint density at radius 2 is 1.96 bits per heavy atom. The predicted octanol–water partition coefficient (Wildman–Crippen LogP) is 2.68. The Morgan fingerprint density at radius 3 is 2.65 bits per heavy atom. The molecule has 1 amide bonds. The van der Waals surface area contributed by atoms with Gasteiger partial charge in [-0.2, -0.15) is 0 Å². The Bertz CT molecular complexity index is 736. The Morgan fingerprint density at radius 1 is 1.19 bits per heavy atom. The van der Waals surface area contributed by atoms with Gasteiger partial charge < -0.3 is 20.1 Å². The molecular formula is C19H26N4O3. The van der Waals surface area contributed by atoms with Crippen LogP contribution in [0.15, 0.2) is 30.5 Å². The number of aromatic nitrogens is 2. The van der Waals surface area contributed by atoms with Gasteiger partial charge in [0.1, 0.15) is 5.69 Å². The first-order valence-corrected chi connectivity index (χ1v) is 8.66. The molecule has 0 aliphatic heterocycles. The molecule has 0 aliphatic carbocycles. The van der Waals surface area contributed by atoms with Crippen LogP contribution in [0.4, 0.5) is 5.95 Å². The summed E-state index contributed by atoms with van der Waals surface area (Å²) < 4.78 is 10.5. The third-order valence-corrected chi connectivity index (χ3v) is 4.02. The molecule has 1 unspecified atom stereocenters. The van der Waals surface area contributed by atoms with E-state index in [9.17, 15) is 4.79 Å². The number of carbonyl (C=O) groups excluding carboxylic acids is 1. The van der Waals surface area contributed by atoms with Crippen molar-refractivity contribution in [1.82, 2.24) is 15.3 Å². The van der Waals surface area contributed by atoms with Crippen molar-refractivity contribution in [3.05, 3.63) is 41.7 Å². The number of nitrogens with one attached hydrogen (secondary N) is 2. The number of anilines is 1. The summed E-state index contributed by atoms with van der Waals surface area (Å²) in [5.74, 6) is 1.64. The van der Waals surface area contributed by atoms with Gasteiger partial charge in [0.25, 0.3) is 5.91 Å². The van der Waals surface area contributed by atoms with E-state index in [0.717, 1.165) is 18.4 Å². The quantitative estimate of drug-likeness (QED) is 0.717. The molecule has 7 nitrogen and oxygen atoms in total. The zero-order chi connectivity index (χ0) is 18.9. The Balaban J connectivity index is 1.94. The molecule has 2 rings (SSSR count). The van der Waals surface area contributed by atoms with Gasteiger partial charge in [-0.15, -0.1) is 0 Å². The third kappa shape index (κ3) is 5.34. The maximum Gasteiger partial charge on any atom is 0.270 e. The number of nitrogens with zero attached hydrogens (tertiary/aromatic N) is 2. The SMILES string of the molecule is CCC(C)NC(=O)c1ccnc(NCCc2ccc(OC)c(OC)c2)n1. The highest BCUT2D eigenvalue weighted by Gasteiger charge is 2.11. The van der Waals surface area contributed by atoms with E-state index in [4.69, 9.17) is 9.47 Å². The van der Waals surface area contributed by atoms with Crippen LogP contribution in [0.2, 0.25) is 0 Å². The summed E-state index contributed by atoms with van der Waals surface area (Å²) >= 11 is 0. The molecule has 0 fully saturated rings. The van der Waals surface area contributed by atoms with Crippen LogP contribution in [0.25, 0.3) is 0 Å². The summed E-state index contributed by atoms with van der Waals surface area (Å²) in [5, 5.41) is 6.04. The van der Waals surface area contributed by atoms with Crippen LogP contribution in [0.1, 0.15) is 36.3 Å². The molecule has 1 atom stereocenters. The highest BCUT2D eigenvalue weighted by atomic mass is 16.5. The second-order valence-electron chi connectivity index (χ2n) is 5.91. The van der Waals surface area contributed by atoms with Crippen molar-refractivity contribution in [2.24, 2.45) is 0 Å². The number of ether oxygens (including phenoxy) is 2. The van der Waals surface area contributed by atoms with Crippen LogP contribution >= 0.6 is 0 Å². The highest BCUT2D eigenvalue weighted by molar-refractivity contribution is 5.92. The molecule has 0 saturated carbocycles.